The number of hydrogen-bond acceptors (Lipinski definition) is 2. The fourth-order valence-corrected chi connectivity index (χ4v) is 1.86. The molecule has 0 radical (unpaired) electrons. The first kappa shape index (κ1) is 13.5. The molecule has 2 aromatic carbocycles. The smallest absolute Gasteiger partial charge is 0.126 e. The first-order valence-electron chi connectivity index (χ1n) is 6.05. The van der Waals surface area contributed by atoms with E-state index < -0.39 is 11.6 Å². The van der Waals surface area contributed by atoms with Gasteiger partial charge >= 0.3 is 0 Å². The summed E-state index contributed by atoms with van der Waals surface area (Å²) in [7, 11) is 0. The maximum absolute atomic E-state index is 13.0. The minimum Gasteiger partial charge on any atom is -0.489 e. The molecule has 0 spiro atoms. The molecule has 0 saturated carbocycles. The molecule has 0 saturated heterocycles. The molecule has 2 N–H and O–H groups in total. The van der Waals surface area contributed by atoms with Crippen LogP contribution in [0.15, 0.2) is 42.5 Å². The van der Waals surface area contributed by atoms with Crippen LogP contribution in [0.1, 0.15) is 11.1 Å². The van der Waals surface area contributed by atoms with Crippen molar-refractivity contribution < 1.29 is 13.5 Å². The van der Waals surface area contributed by atoms with Gasteiger partial charge in [-0.05, 0) is 42.3 Å². The van der Waals surface area contributed by atoms with Gasteiger partial charge in [0, 0.05) is 6.07 Å². The quantitative estimate of drug-likeness (QED) is 0.899. The Morgan fingerprint density at radius 3 is 2.37 bits per heavy atom. The topological polar surface area (TPSA) is 35.2 Å². The van der Waals surface area contributed by atoms with Crippen LogP contribution in [0.2, 0.25) is 0 Å². The Labute approximate surface area is 110 Å². The Morgan fingerprint density at radius 2 is 1.68 bits per heavy atom. The van der Waals surface area contributed by atoms with Gasteiger partial charge in [-0.3, -0.25) is 0 Å². The van der Waals surface area contributed by atoms with Crippen LogP contribution in [0.4, 0.5) is 8.78 Å². The monoisotopic (exact) mass is 263 g/mol. The summed E-state index contributed by atoms with van der Waals surface area (Å²) in [6, 6.07) is 10.9. The zero-order valence-corrected chi connectivity index (χ0v) is 10.4. The average Bonchev–Trinajstić information content (AvgIpc) is 2.37. The van der Waals surface area contributed by atoms with Gasteiger partial charge in [0.2, 0.25) is 0 Å². The Morgan fingerprint density at radius 1 is 1.00 bits per heavy atom. The lowest BCUT2D eigenvalue weighted by Gasteiger charge is -2.11. The number of halogens is 2. The van der Waals surface area contributed by atoms with Gasteiger partial charge in [-0.15, -0.1) is 0 Å². The van der Waals surface area contributed by atoms with E-state index in [0.29, 0.717) is 24.3 Å². The molecule has 0 aliphatic rings. The van der Waals surface area contributed by atoms with Crippen molar-refractivity contribution in [2.45, 2.75) is 13.0 Å². The van der Waals surface area contributed by atoms with Crippen LogP contribution in [0.3, 0.4) is 0 Å². The second-order valence-electron chi connectivity index (χ2n) is 4.21. The number of ether oxygens (including phenoxy) is 1. The molecule has 0 fully saturated rings. The molecule has 19 heavy (non-hydrogen) atoms. The molecule has 0 amide bonds. The fourth-order valence-electron chi connectivity index (χ4n) is 1.86. The van der Waals surface area contributed by atoms with Crippen LogP contribution in [-0.2, 0) is 13.0 Å². The molecule has 0 bridgehead atoms. The van der Waals surface area contributed by atoms with Gasteiger partial charge < -0.3 is 10.5 Å². The summed E-state index contributed by atoms with van der Waals surface area (Å²) >= 11 is 0. The average molecular weight is 263 g/mol. The van der Waals surface area contributed by atoms with Crippen LogP contribution in [-0.4, -0.2) is 6.54 Å². The number of para-hydroxylation sites is 1. The third-order valence-corrected chi connectivity index (χ3v) is 2.70. The summed E-state index contributed by atoms with van der Waals surface area (Å²) in [4.78, 5) is 0. The maximum atomic E-state index is 13.0. The highest BCUT2D eigenvalue weighted by Crippen LogP contribution is 2.20. The number of rotatable bonds is 5. The first-order valence-corrected chi connectivity index (χ1v) is 6.05. The molecule has 0 aliphatic carbocycles. The first-order chi connectivity index (χ1) is 9.19. The van der Waals surface area contributed by atoms with Crippen LogP contribution in [0, 0.1) is 11.6 Å². The fraction of sp³-hybridized carbons (Fsp3) is 0.200. The second kappa shape index (κ2) is 6.29. The Bertz CT molecular complexity index is 537. The van der Waals surface area contributed by atoms with Crippen LogP contribution >= 0.6 is 0 Å². The predicted octanol–water partition coefficient (Wildman–Crippen LogP) is 3.05. The molecule has 2 aromatic rings. The van der Waals surface area contributed by atoms with Gasteiger partial charge in [-0.25, -0.2) is 8.78 Å². The van der Waals surface area contributed by atoms with Crippen molar-refractivity contribution in [1.82, 2.24) is 0 Å². The molecule has 100 valence electrons. The Hall–Kier alpha value is -1.94. The van der Waals surface area contributed by atoms with Crippen LogP contribution < -0.4 is 10.5 Å². The minimum atomic E-state index is -0.603. The summed E-state index contributed by atoms with van der Waals surface area (Å²) < 4.78 is 31.7. The highest BCUT2D eigenvalue weighted by atomic mass is 19.1. The molecule has 2 nitrogen and oxygen atoms in total. The predicted molar refractivity (Wildman–Crippen MR) is 69.9 cm³/mol. The summed E-state index contributed by atoms with van der Waals surface area (Å²) in [6.07, 6.45) is 0.702. The lowest BCUT2D eigenvalue weighted by Crippen LogP contribution is -2.05. The zero-order chi connectivity index (χ0) is 13.7. The molecule has 0 unspecified atom stereocenters. The van der Waals surface area contributed by atoms with Gasteiger partial charge in [-0.1, -0.05) is 18.2 Å². The highest BCUT2D eigenvalue weighted by Gasteiger charge is 2.04. The van der Waals surface area contributed by atoms with Crippen molar-refractivity contribution in [3.05, 3.63) is 65.2 Å². The van der Waals surface area contributed by atoms with Crippen molar-refractivity contribution in [3.63, 3.8) is 0 Å². The SMILES string of the molecule is NCCc1ccccc1OCc1cc(F)cc(F)c1. The third-order valence-electron chi connectivity index (χ3n) is 2.70. The molecule has 0 aliphatic heterocycles. The van der Waals surface area contributed by atoms with Crippen molar-refractivity contribution >= 4 is 0 Å². The molecule has 2 rings (SSSR count). The van der Waals surface area contributed by atoms with Crippen LogP contribution in [0.5, 0.6) is 5.75 Å². The second-order valence-corrected chi connectivity index (χ2v) is 4.21. The molecular weight excluding hydrogens is 248 g/mol. The van der Waals surface area contributed by atoms with E-state index in [4.69, 9.17) is 10.5 Å². The summed E-state index contributed by atoms with van der Waals surface area (Å²) in [6.45, 7) is 0.644. The number of hydrogen-bond donors (Lipinski definition) is 1. The Balaban J connectivity index is 2.09. The van der Waals surface area contributed by atoms with Gasteiger partial charge in [-0.2, -0.15) is 0 Å². The lowest BCUT2D eigenvalue weighted by molar-refractivity contribution is 0.301. The highest BCUT2D eigenvalue weighted by molar-refractivity contribution is 5.33. The van der Waals surface area contributed by atoms with Gasteiger partial charge in [0.05, 0.1) is 0 Å². The minimum absolute atomic E-state index is 0.121. The van der Waals surface area contributed by atoms with E-state index in [1.165, 1.54) is 12.1 Å². The largest absolute Gasteiger partial charge is 0.489 e. The summed E-state index contributed by atoms with van der Waals surface area (Å²) in [5, 5.41) is 0. The van der Waals surface area contributed by atoms with E-state index in [1.54, 1.807) is 0 Å². The molecule has 4 heteroatoms. The van der Waals surface area contributed by atoms with Crippen LogP contribution in [0.25, 0.3) is 0 Å². The number of benzene rings is 2. The summed E-state index contributed by atoms with van der Waals surface area (Å²) in [5.74, 6) is -0.514. The normalized spacial score (nSPS) is 10.5. The van der Waals surface area contributed by atoms with E-state index in [0.717, 1.165) is 11.6 Å². The van der Waals surface area contributed by atoms with Gasteiger partial charge in [0.25, 0.3) is 0 Å². The van der Waals surface area contributed by atoms with E-state index in [9.17, 15) is 8.78 Å². The molecular formula is C15H15F2NO. The Kier molecular flexibility index (Phi) is 4.47. The molecule has 0 heterocycles. The lowest BCUT2D eigenvalue weighted by atomic mass is 10.1. The van der Waals surface area contributed by atoms with Crippen molar-refractivity contribution in [2.24, 2.45) is 5.73 Å². The summed E-state index contributed by atoms with van der Waals surface area (Å²) in [5.41, 5.74) is 6.97. The zero-order valence-electron chi connectivity index (χ0n) is 10.4. The van der Waals surface area contributed by atoms with Crippen molar-refractivity contribution in [2.75, 3.05) is 6.54 Å². The standard InChI is InChI=1S/C15H15F2NO/c16-13-7-11(8-14(17)9-13)10-19-15-4-2-1-3-12(15)5-6-18/h1-4,7-9H,5-6,10,18H2. The molecule has 0 atom stereocenters. The van der Waals surface area contributed by atoms with Crippen molar-refractivity contribution in [1.29, 1.82) is 0 Å². The van der Waals surface area contributed by atoms with E-state index in [-0.39, 0.29) is 6.61 Å². The molecule has 0 aromatic heterocycles. The van der Waals surface area contributed by atoms with E-state index >= 15 is 0 Å². The van der Waals surface area contributed by atoms with Gasteiger partial charge in [0.1, 0.15) is 24.0 Å². The van der Waals surface area contributed by atoms with E-state index in [2.05, 4.69) is 0 Å². The third kappa shape index (κ3) is 3.76. The van der Waals surface area contributed by atoms with Crippen molar-refractivity contribution in [3.8, 4) is 5.75 Å². The van der Waals surface area contributed by atoms with Gasteiger partial charge in [0.15, 0.2) is 0 Å². The number of nitrogens with two attached hydrogens (primary N) is 1. The van der Waals surface area contributed by atoms with E-state index in [1.807, 2.05) is 24.3 Å². The maximum Gasteiger partial charge on any atom is 0.126 e.